The number of benzene rings is 1. The third kappa shape index (κ3) is 2.72. The monoisotopic (exact) mass is 291 g/mol. The summed E-state index contributed by atoms with van der Waals surface area (Å²) in [4.78, 5) is 0. The Labute approximate surface area is 104 Å². The Hall–Kier alpha value is -0.0900. The predicted octanol–water partition coefficient (Wildman–Crippen LogP) is 2.57. The first kappa shape index (κ1) is 13.0. The van der Waals surface area contributed by atoms with Crippen molar-refractivity contribution < 1.29 is 5.11 Å². The number of hydrogen-bond acceptors (Lipinski definition) is 2. The second-order valence-corrected chi connectivity index (χ2v) is 4.76. The number of hydrogen-bond donors (Lipinski definition) is 2. The highest BCUT2D eigenvalue weighted by Gasteiger charge is 2.22. The van der Waals surface area contributed by atoms with Crippen molar-refractivity contribution in [2.45, 2.75) is 31.4 Å². The van der Waals surface area contributed by atoms with Gasteiger partial charge in [0.15, 0.2) is 0 Å². The second-order valence-electron chi connectivity index (χ2n) is 3.84. The van der Waals surface area contributed by atoms with E-state index in [2.05, 4.69) is 22.0 Å². The topological polar surface area (TPSA) is 46.2 Å². The standard InChI is InChI=1S/C11H14BrNO.ClH/c12-8-5-4-7-2-1-3-10(13)11(14)9(7)6-8;/h4-6,10-11,14H,1-3,13H2;1H. The van der Waals surface area contributed by atoms with E-state index in [1.165, 1.54) is 5.56 Å². The fraction of sp³-hybridized carbons (Fsp3) is 0.455. The average Bonchev–Trinajstić information content (AvgIpc) is 2.30. The zero-order valence-electron chi connectivity index (χ0n) is 8.32. The fourth-order valence-corrected chi connectivity index (χ4v) is 2.36. The minimum Gasteiger partial charge on any atom is -0.387 e. The van der Waals surface area contributed by atoms with Gasteiger partial charge in [0.25, 0.3) is 0 Å². The number of fused-ring (bicyclic) bond motifs is 1. The largest absolute Gasteiger partial charge is 0.387 e. The minimum atomic E-state index is -0.509. The van der Waals surface area contributed by atoms with Gasteiger partial charge < -0.3 is 10.8 Å². The summed E-state index contributed by atoms with van der Waals surface area (Å²) >= 11 is 3.41. The molecule has 15 heavy (non-hydrogen) atoms. The molecule has 0 saturated carbocycles. The van der Waals surface area contributed by atoms with Crippen LogP contribution in [-0.2, 0) is 6.42 Å². The molecule has 0 aliphatic heterocycles. The number of rotatable bonds is 0. The van der Waals surface area contributed by atoms with Crippen LogP contribution in [0.2, 0.25) is 0 Å². The van der Waals surface area contributed by atoms with Crippen molar-refractivity contribution in [1.82, 2.24) is 0 Å². The molecule has 0 heterocycles. The van der Waals surface area contributed by atoms with Crippen molar-refractivity contribution >= 4 is 28.3 Å². The molecule has 84 valence electrons. The molecule has 1 aliphatic rings. The Morgan fingerprint density at radius 1 is 1.40 bits per heavy atom. The van der Waals surface area contributed by atoms with Gasteiger partial charge in [-0.3, -0.25) is 0 Å². The lowest BCUT2D eigenvalue weighted by atomic mass is 9.99. The molecule has 0 aromatic heterocycles. The van der Waals surface area contributed by atoms with Gasteiger partial charge in [-0.25, -0.2) is 0 Å². The molecule has 2 rings (SSSR count). The molecule has 2 atom stereocenters. The lowest BCUT2D eigenvalue weighted by molar-refractivity contribution is 0.144. The van der Waals surface area contributed by atoms with Crippen LogP contribution in [0, 0.1) is 0 Å². The van der Waals surface area contributed by atoms with Crippen molar-refractivity contribution in [3.8, 4) is 0 Å². The van der Waals surface area contributed by atoms with Gasteiger partial charge in [-0.2, -0.15) is 0 Å². The van der Waals surface area contributed by atoms with Crippen molar-refractivity contribution in [3.63, 3.8) is 0 Å². The van der Waals surface area contributed by atoms with E-state index in [1.54, 1.807) is 0 Å². The molecular weight excluding hydrogens is 277 g/mol. The SMILES string of the molecule is Cl.NC1CCCc2ccc(Br)cc2C1O. The van der Waals surface area contributed by atoms with Gasteiger partial charge in [0, 0.05) is 10.5 Å². The number of nitrogens with two attached hydrogens (primary N) is 1. The van der Waals surface area contributed by atoms with Crippen molar-refractivity contribution in [1.29, 1.82) is 0 Å². The Morgan fingerprint density at radius 2 is 2.13 bits per heavy atom. The normalized spacial score (nSPS) is 25.0. The fourth-order valence-electron chi connectivity index (χ4n) is 1.99. The zero-order chi connectivity index (χ0) is 10.1. The lowest BCUT2D eigenvalue weighted by Gasteiger charge is -2.17. The van der Waals surface area contributed by atoms with E-state index in [0.717, 1.165) is 29.3 Å². The molecule has 0 radical (unpaired) electrons. The van der Waals surface area contributed by atoms with Crippen LogP contribution in [0.4, 0.5) is 0 Å². The van der Waals surface area contributed by atoms with Crippen LogP contribution in [0.1, 0.15) is 30.1 Å². The smallest absolute Gasteiger partial charge is 0.0943 e. The third-order valence-electron chi connectivity index (χ3n) is 2.82. The van der Waals surface area contributed by atoms with E-state index in [0.29, 0.717) is 0 Å². The van der Waals surface area contributed by atoms with Gasteiger partial charge in [-0.15, -0.1) is 12.4 Å². The third-order valence-corrected chi connectivity index (χ3v) is 3.31. The first-order valence-corrected chi connectivity index (χ1v) is 5.70. The van der Waals surface area contributed by atoms with E-state index in [1.807, 2.05) is 12.1 Å². The molecule has 1 aromatic carbocycles. The van der Waals surface area contributed by atoms with Crippen LogP contribution in [0.5, 0.6) is 0 Å². The quantitative estimate of drug-likeness (QED) is 0.722. The average molecular weight is 293 g/mol. The van der Waals surface area contributed by atoms with E-state index >= 15 is 0 Å². The highest BCUT2D eigenvalue weighted by Crippen LogP contribution is 2.29. The molecule has 4 heteroatoms. The summed E-state index contributed by atoms with van der Waals surface area (Å²) in [6.45, 7) is 0. The van der Waals surface area contributed by atoms with E-state index in [4.69, 9.17) is 5.73 Å². The summed E-state index contributed by atoms with van der Waals surface area (Å²) in [6.07, 6.45) is 2.47. The molecule has 1 aromatic rings. The van der Waals surface area contributed by atoms with Crippen molar-refractivity contribution in [3.05, 3.63) is 33.8 Å². The van der Waals surface area contributed by atoms with Gasteiger partial charge in [-0.05, 0) is 42.5 Å². The molecule has 0 amide bonds. The summed E-state index contributed by atoms with van der Waals surface area (Å²) in [6, 6.07) is 5.94. The van der Waals surface area contributed by atoms with E-state index in [9.17, 15) is 5.11 Å². The highest BCUT2D eigenvalue weighted by molar-refractivity contribution is 9.10. The molecule has 0 fully saturated rings. The molecule has 1 aliphatic carbocycles. The van der Waals surface area contributed by atoms with Crippen LogP contribution in [0.15, 0.2) is 22.7 Å². The van der Waals surface area contributed by atoms with Gasteiger partial charge in [0.1, 0.15) is 0 Å². The Morgan fingerprint density at radius 3 is 2.87 bits per heavy atom. The first-order chi connectivity index (χ1) is 6.68. The Bertz CT molecular complexity index is 345. The minimum absolute atomic E-state index is 0. The number of aryl methyl sites for hydroxylation is 1. The lowest BCUT2D eigenvalue weighted by Crippen LogP contribution is -2.27. The molecular formula is C11H15BrClNO. The highest BCUT2D eigenvalue weighted by atomic mass is 79.9. The molecule has 0 saturated heterocycles. The molecule has 0 bridgehead atoms. The van der Waals surface area contributed by atoms with Crippen molar-refractivity contribution in [2.24, 2.45) is 5.73 Å². The van der Waals surface area contributed by atoms with Crippen LogP contribution in [-0.4, -0.2) is 11.1 Å². The predicted molar refractivity (Wildman–Crippen MR) is 67.3 cm³/mol. The number of halogens is 2. The summed E-state index contributed by atoms with van der Waals surface area (Å²) in [5, 5.41) is 9.99. The van der Waals surface area contributed by atoms with Gasteiger partial charge in [0.2, 0.25) is 0 Å². The van der Waals surface area contributed by atoms with Crippen LogP contribution < -0.4 is 5.73 Å². The van der Waals surface area contributed by atoms with Gasteiger partial charge >= 0.3 is 0 Å². The van der Waals surface area contributed by atoms with Gasteiger partial charge in [-0.1, -0.05) is 22.0 Å². The van der Waals surface area contributed by atoms with Crippen LogP contribution in [0.3, 0.4) is 0 Å². The second kappa shape index (κ2) is 5.30. The maximum atomic E-state index is 9.99. The Balaban J connectivity index is 0.00000112. The van der Waals surface area contributed by atoms with Crippen LogP contribution >= 0.6 is 28.3 Å². The molecule has 3 N–H and O–H groups in total. The summed E-state index contributed by atoms with van der Waals surface area (Å²) in [5.41, 5.74) is 8.10. The zero-order valence-corrected chi connectivity index (χ0v) is 10.7. The maximum Gasteiger partial charge on any atom is 0.0943 e. The molecule has 0 spiro atoms. The Kier molecular flexibility index (Phi) is 4.59. The van der Waals surface area contributed by atoms with Gasteiger partial charge in [0.05, 0.1) is 6.10 Å². The van der Waals surface area contributed by atoms with E-state index in [-0.39, 0.29) is 18.4 Å². The summed E-state index contributed by atoms with van der Waals surface area (Å²) in [7, 11) is 0. The molecule has 2 nitrogen and oxygen atoms in total. The maximum absolute atomic E-state index is 9.99. The van der Waals surface area contributed by atoms with E-state index < -0.39 is 6.10 Å². The van der Waals surface area contributed by atoms with Crippen LogP contribution in [0.25, 0.3) is 0 Å². The number of aliphatic hydroxyl groups is 1. The summed E-state index contributed by atoms with van der Waals surface area (Å²) < 4.78 is 1.00. The first-order valence-electron chi connectivity index (χ1n) is 4.90. The summed E-state index contributed by atoms with van der Waals surface area (Å²) in [5.74, 6) is 0. The van der Waals surface area contributed by atoms with Crippen molar-refractivity contribution in [2.75, 3.05) is 0 Å². The molecule has 2 unspecified atom stereocenters. The number of aliphatic hydroxyl groups excluding tert-OH is 1.